The second kappa shape index (κ2) is 10.2. The molecule has 3 heterocycles. The summed E-state index contributed by atoms with van der Waals surface area (Å²) in [6, 6.07) is 18.8. The average molecular weight is 495 g/mol. The molecule has 0 saturated carbocycles. The van der Waals surface area contributed by atoms with Gasteiger partial charge in [0, 0.05) is 55.4 Å². The third-order valence-electron chi connectivity index (χ3n) is 6.38. The van der Waals surface area contributed by atoms with Crippen molar-refractivity contribution in [1.29, 1.82) is 0 Å². The van der Waals surface area contributed by atoms with Gasteiger partial charge in [-0.15, -0.1) is 0 Å². The highest BCUT2D eigenvalue weighted by atomic mass is 35.5. The molecule has 5 rings (SSSR count). The lowest BCUT2D eigenvalue weighted by molar-refractivity contribution is -0.187. The van der Waals surface area contributed by atoms with Gasteiger partial charge in [-0.25, -0.2) is 4.68 Å². The van der Waals surface area contributed by atoms with E-state index in [0.717, 1.165) is 16.9 Å². The summed E-state index contributed by atoms with van der Waals surface area (Å²) >= 11 is 6.05. The first-order valence-electron chi connectivity index (χ1n) is 11.8. The Bertz CT molecular complexity index is 1180. The molecule has 182 valence electrons. The quantitative estimate of drug-likeness (QED) is 0.553. The van der Waals surface area contributed by atoms with Crippen molar-refractivity contribution in [1.82, 2.24) is 14.7 Å². The van der Waals surface area contributed by atoms with Crippen molar-refractivity contribution >= 4 is 29.2 Å². The van der Waals surface area contributed by atoms with Gasteiger partial charge in [0.15, 0.2) is 5.79 Å². The molecule has 3 aromatic rings. The van der Waals surface area contributed by atoms with E-state index in [1.54, 1.807) is 21.7 Å². The van der Waals surface area contributed by atoms with E-state index in [2.05, 4.69) is 5.32 Å². The predicted octanol–water partition coefficient (Wildman–Crippen LogP) is 4.28. The summed E-state index contributed by atoms with van der Waals surface area (Å²) in [7, 11) is 0. The number of halogens is 1. The minimum Gasteiger partial charge on any atom is -0.347 e. The normalized spacial score (nSPS) is 17.0. The summed E-state index contributed by atoms with van der Waals surface area (Å²) in [6.45, 7) is 2.36. The van der Waals surface area contributed by atoms with E-state index < -0.39 is 5.79 Å². The van der Waals surface area contributed by atoms with Gasteiger partial charge in [0.05, 0.1) is 24.6 Å². The van der Waals surface area contributed by atoms with Gasteiger partial charge in [-0.2, -0.15) is 5.10 Å². The van der Waals surface area contributed by atoms with Crippen LogP contribution in [0.3, 0.4) is 0 Å². The number of carbonyl (C=O) groups excluding carboxylic acids is 2. The molecule has 0 bridgehead atoms. The maximum Gasteiger partial charge on any atom is 0.226 e. The summed E-state index contributed by atoms with van der Waals surface area (Å²) in [6.07, 6.45) is 1.54. The van der Waals surface area contributed by atoms with Crippen LogP contribution in [0.15, 0.2) is 60.7 Å². The minimum atomic E-state index is -0.523. The topological polar surface area (TPSA) is 85.7 Å². The predicted molar refractivity (Wildman–Crippen MR) is 132 cm³/mol. The molecule has 2 saturated heterocycles. The number of likely N-dealkylation sites (tertiary alicyclic amines) is 1. The van der Waals surface area contributed by atoms with Crippen LogP contribution in [0.1, 0.15) is 25.7 Å². The molecule has 0 aliphatic carbocycles. The van der Waals surface area contributed by atoms with Crippen LogP contribution in [-0.4, -0.2) is 58.6 Å². The Morgan fingerprint density at radius 3 is 2.34 bits per heavy atom. The van der Waals surface area contributed by atoms with E-state index in [4.69, 9.17) is 26.2 Å². The van der Waals surface area contributed by atoms with E-state index >= 15 is 0 Å². The Morgan fingerprint density at radius 2 is 1.66 bits per heavy atom. The maximum absolute atomic E-state index is 12.8. The standard InChI is InChI=1S/C26H27ClN4O4/c27-20-6-8-21(9-7-20)31-23(18-22(29-31)19-4-2-1-3-5-19)28-24(32)10-11-25(33)30-14-12-26(13-15-30)34-16-17-35-26/h1-9,18H,10-17H2,(H,28,32). The summed E-state index contributed by atoms with van der Waals surface area (Å²) in [5, 5.41) is 8.24. The molecular formula is C26H27ClN4O4. The summed E-state index contributed by atoms with van der Waals surface area (Å²) in [4.78, 5) is 27.3. The second-order valence-corrected chi connectivity index (χ2v) is 9.14. The number of nitrogens with zero attached hydrogens (tertiary/aromatic N) is 3. The lowest BCUT2D eigenvalue weighted by Gasteiger charge is -2.37. The van der Waals surface area contributed by atoms with Crippen molar-refractivity contribution in [2.45, 2.75) is 31.5 Å². The van der Waals surface area contributed by atoms with Crippen LogP contribution in [0, 0.1) is 0 Å². The molecule has 9 heteroatoms. The van der Waals surface area contributed by atoms with E-state index in [0.29, 0.717) is 50.0 Å². The van der Waals surface area contributed by atoms with Gasteiger partial charge < -0.3 is 19.7 Å². The molecule has 0 atom stereocenters. The molecule has 35 heavy (non-hydrogen) atoms. The van der Waals surface area contributed by atoms with Crippen LogP contribution in [0.25, 0.3) is 16.9 Å². The second-order valence-electron chi connectivity index (χ2n) is 8.71. The first-order chi connectivity index (χ1) is 17.0. The Labute approximate surface area is 208 Å². The lowest BCUT2D eigenvalue weighted by atomic mass is 10.0. The number of nitrogens with one attached hydrogen (secondary N) is 1. The number of amides is 2. The molecule has 8 nitrogen and oxygen atoms in total. The molecule has 2 fully saturated rings. The Hall–Kier alpha value is -3.20. The highest BCUT2D eigenvalue weighted by Crippen LogP contribution is 2.31. The minimum absolute atomic E-state index is 0.0378. The van der Waals surface area contributed by atoms with Gasteiger partial charge in [0.2, 0.25) is 11.8 Å². The zero-order valence-corrected chi connectivity index (χ0v) is 20.0. The largest absolute Gasteiger partial charge is 0.347 e. The number of ether oxygens (including phenoxy) is 2. The van der Waals surface area contributed by atoms with Crippen LogP contribution >= 0.6 is 11.6 Å². The van der Waals surface area contributed by atoms with Crippen molar-refractivity contribution in [2.75, 3.05) is 31.6 Å². The number of anilines is 1. The molecule has 1 spiro atoms. The number of rotatable bonds is 6. The number of piperidine rings is 1. The first-order valence-corrected chi connectivity index (χ1v) is 12.2. The van der Waals surface area contributed by atoms with Gasteiger partial charge in [-0.1, -0.05) is 41.9 Å². The van der Waals surface area contributed by atoms with Gasteiger partial charge in [0.25, 0.3) is 0 Å². The summed E-state index contributed by atoms with van der Waals surface area (Å²) in [5.41, 5.74) is 2.43. The van der Waals surface area contributed by atoms with Gasteiger partial charge in [-0.3, -0.25) is 9.59 Å². The van der Waals surface area contributed by atoms with Crippen LogP contribution in [0.4, 0.5) is 5.82 Å². The van der Waals surface area contributed by atoms with Gasteiger partial charge in [-0.05, 0) is 24.3 Å². The zero-order chi connectivity index (χ0) is 24.3. The molecule has 1 aromatic heterocycles. The molecule has 2 aliphatic heterocycles. The molecular weight excluding hydrogens is 468 g/mol. The third-order valence-corrected chi connectivity index (χ3v) is 6.63. The fraction of sp³-hybridized carbons (Fsp3) is 0.346. The molecule has 0 radical (unpaired) electrons. The van der Waals surface area contributed by atoms with Crippen molar-refractivity contribution in [3.05, 3.63) is 65.7 Å². The fourth-order valence-corrected chi connectivity index (χ4v) is 4.59. The number of carbonyl (C=O) groups is 2. The summed E-state index contributed by atoms with van der Waals surface area (Å²) in [5.74, 6) is -0.280. The van der Waals surface area contributed by atoms with Crippen molar-refractivity contribution in [2.24, 2.45) is 0 Å². The van der Waals surface area contributed by atoms with Crippen molar-refractivity contribution in [3.8, 4) is 16.9 Å². The molecule has 0 unspecified atom stereocenters. The fourth-order valence-electron chi connectivity index (χ4n) is 4.47. The Morgan fingerprint density at radius 1 is 0.971 bits per heavy atom. The lowest BCUT2D eigenvalue weighted by Crippen LogP contribution is -2.47. The average Bonchev–Trinajstić information content (AvgIpc) is 3.51. The number of hydrogen-bond acceptors (Lipinski definition) is 5. The van der Waals surface area contributed by atoms with Crippen LogP contribution in [-0.2, 0) is 19.1 Å². The van der Waals surface area contributed by atoms with Gasteiger partial charge in [0.1, 0.15) is 5.82 Å². The van der Waals surface area contributed by atoms with Gasteiger partial charge >= 0.3 is 0 Å². The Balaban J connectivity index is 1.24. The van der Waals surface area contributed by atoms with Crippen LogP contribution in [0.2, 0.25) is 5.02 Å². The van der Waals surface area contributed by atoms with Crippen molar-refractivity contribution in [3.63, 3.8) is 0 Å². The SMILES string of the molecule is O=C(CCC(=O)N1CCC2(CC1)OCCO2)Nc1cc(-c2ccccc2)nn1-c1ccc(Cl)cc1. The number of hydrogen-bond donors (Lipinski definition) is 1. The molecule has 1 N–H and O–H groups in total. The zero-order valence-electron chi connectivity index (χ0n) is 19.3. The van der Waals surface area contributed by atoms with Crippen molar-refractivity contribution < 1.29 is 19.1 Å². The molecule has 2 aromatic carbocycles. The van der Waals surface area contributed by atoms with E-state index in [1.165, 1.54) is 0 Å². The third kappa shape index (κ3) is 5.40. The summed E-state index contributed by atoms with van der Waals surface area (Å²) < 4.78 is 13.1. The molecule has 2 amide bonds. The number of aromatic nitrogens is 2. The van der Waals surface area contributed by atoms with E-state index in [9.17, 15) is 9.59 Å². The number of benzene rings is 2. The smallest absolute Gasteiger partial charge is 0.226 e. The van der Waals surface area contributed by atoms with E-state index in [1.807, 2.05) is 48.5 Å². The van der Waals surface area contributed by atoms with Crippen LogP contribution < -0.4 is 5.32 Å². The van der Waals surface area contributed by atoms with E-state index in [-0.39, 0.29) is 24.7 Å². The monoisotopic (exact) mass is 494 g/mol. The Kier molecular flexibility index (Phi) is 6.86. The maximum atomic E-state index is 12.8. The molecule has 2 aliphatic rings. The van der Waals surface area contributed by atoms with Crippen LogP contribution in [0.5, 0.6) is 0 Å². The highest BCUT2D eigenvalue weighted by molar-refractivity contribution is 6.30. The highest BCUT2D eigenvalue weighted by Gasteiger charge is 2.40. The first kappa shape index (κ1) is 23.5.